The van der Waals surface area contributed by atoms with Gasteiger partial charge in [-0.1, -0.05) is 35.3 Å². The van der Waals surface area contributed by atoms with Gasteiger partial charge >= 0.3 is 0 Å². The Morgan fingerprint density at radius 3 is 2.60 bits per heavy atom. The number of hydrogen-bond donors (Lipinski definition) is 1. The van der Waals surface area contributed by atoms with Crippen LogP contribution in [0.2, 0.25) is 10.0 Å². The van der Waals surface area contributed by atoms with Crippen LogP contribution in [0.5, 0.6) is 5.75 Å². The zero-order valence-corrected chi connectivity index (χ0v) is 12.1. The average Bonchev–Trinajstić information content (AvgIpc) is 2.43. The van der Waals surface area contributed by atoms with E-state index in [1.54, 1.807) is 18.2 Å². The van der Waals surface area contributed by atoms with Crippen LogP contribution in [-0.2, 0) is 0 Å². The van der Waals surface area contributed by atoms with Gasteiger partial charge in [-0.25, -0.2) is 0 Å². The SMILES string of the molecule is O=C1CC[C@H](c2ccc(Cl)c(Cl)c2)c2ccc(O)cc21. The summed E-state index contributed by atoms with van der Waals surface area (Å²) in [6, 6.07) is 10.5. The van der Waals surface area contributed by atoms with Crippen molar-refractivity contribution in [2.24, 2.45) is 0 Å². The first kappa shape index (κ1) is 13.5. The van der Waals surface area contributed by atoms with Gasteiger partial charge in [0.2, 0.25) is 0 Å². The van der Waals surface area contributed by atoms with E-state index in [4.69, 9.17) is 23.2 Å². The molecule has 1 atom stereocenters. The van der Waals surface area contributed by atoms with E-state index in [-0.39, 0.29) is 17.5 Å². The van der Waals surface area contributed by atoms with Crippen molar-refractivity contribution in [3.8, 4) is 5.75 Å². The molecule has 0 aliphatic heterocycles. The lowest BCUT2D eigenvalue weighted by Crippen LogP contribution is -2.16. The number of aromatic hydroxyl groups is 1. The molecule has 0 bridgehead atoms. The summed E-state index contributed by atoms with van der Waals surface area (Å²) < 4.78 is 0. The minimum atomic E-state index is 0.0761. The Bertz CT molecular complexity index is 695. The second kappa shape index (κ2) is 5.12. The molecule has 0 aromatic heterocycles. The number of fused-ring (bicyclic) bond motifs is 1. The minimum Gasteiger partial charge on any atom is -0.508 e. The normalized spacial score (nSPS) is 17.9. The van der Waals surface area contributed by atoms with Gasteiger partial charge in [-0.05, 0) is 41.8 Å². The third kappa shape index (κ3) is 2.30. The van der Waals surface area contributed by atoms with E-state index in [1.165, 1.54) is 0 Å². The molecule has 0 saturated heterocycles. The fourth-order valence-electron chi connectivity index (χ4n) is 2.73. The van der Waals surface area contributed by atoms with Gasteiger partial charge in [0, 0.05) is 17.9 Å². The number of ketones is 1. The predicted molar refractivity (Wildman–Crippen MR) is 80.0 cm³/mol. The van der Waals surface area contributed by atoms with Gasteiger partial charge < -0.3 is 5.11 Å². The molecule has 2 aromatic carbocycles. The fourth-order valence-corrected chi connectivity index (χ4v) is 3.04. The van der Waals surface area contributed by atoms with E-state index in [0.717, 1.165) is 17.5 Å². The van der Waals surface area contributed by atoms with Gasteiger partial charge in [-0.2, -0.15) is 0 Å². The lowest BCUT2D eigenvalue weighted by Gasteiger charge is -2.25. The monoisotopic (exact) mass is 306 g/mol. The highest BCUT2D eigenvalue weighted by Crippen LogP contribution is 2.39. The summed E-state index contributed by atoms with van der Waals surface area (Å²) in [5.74, 6) is 0.303. The number of phenols is 1. The van der Waals surface area contributed by atoms with Crippen LogP contribution in [0.1, 0.15) is 40.2 Å². The first-order valence-corrected chi connectivity index (χ1v) is 7.13. The molecular formula is C16H12Cl2O2. The van der Waals surface area contributed by atoms with Gasteiger partial charge in [0.1, 0.15) is 5.75 Å². The van der Waals surface area contributed by atoms with Gasteiger partial charge in [-0.3, -0.25) is 4.79 Å². The Kier molecular flexibility index (Phi) is 3.45. The molecule has 1 aliphatic carbocycles. The average molecular weight is 307 g/mol. The molecule has 4 heteroatoms. The highest BCUT2D eigenvalue weighted by atomic mass is 35.5. The molecule has 2 aromatic rings. The molecule has 0 spiro atoms. The van der Waals surface area contributed by atoms with Crippen molar-refractivity contribution in [1.82, 2.24) is 0 Å². The predicted octanol–water partition coefficient (Wildman–Crippen LogP) is 4.81. The maximum atomic E-state index is 12.0. The number of benzene rings is 2. The molecule has 3 rings (SSSR count). The molecule has 1 aliphatic rings. The third-order valence-electron chi connectivity index (χ3n) is 3.72. The van der Waals surface area contributed by atoms with Crippen LogP contribution in [0.3, 0.4) is 0 Å². The van der Waals surface area contributed by atoms with Gasteiger partial charge in [0.05, 0.1) is 10.0 Å². The molecule has 1 N–H and O–H groups in total. The van der Waals surface area contributed by atoms with Crippen molar-refractivity contribution in [1.29, 1.82) is 0 Å². The third-order valence-corrected chi connectivity index (χ3v) is 4.46. The summed E-state index contributed by atoms with van der Waals surface area (Å²) in [6.07, 6.45) is 1.22. The molecule has 0 unspecified atom stereocenters. The summed E-state index contributed by atoms with van der Waals surface area (Å²) in [4.78, 5) is 12.0. The second-order valence-corrected chi connectivity index (χ2v) is 5.77. The maximum absolute atomic E-state index is 12.0. The van der Waals surface area contributed by atoms with E-state index in [2.05, 4.69) is 0 Å². The van der Waals surface area contributed by atoms with E-state index >= 15 is 0 Å². The number of carbonyl (C=O) groups is 1. The van der Waals surface area contributed by atoms with Crippen molar-refractivity contribution < 1.29 is 9.90 Å². The van der Waals surface area contributed by atoms with Crippen molar-refractivity contribution in [2.75, 3.05) is 0 Å². The maximum Gasteiger partial charge on any atom is 0.163 e. The Morgan fingerprint density at radius 2 is 1.85 bits per heavy atom. The first-order valence-electron chi connectivity index (χ1n) is 6.37. The molecule has 102 valence electrons. The summed E-state index contributed by atoms with van der Waals surface area (Å²) in [6.45, 7) is 0. The molecule has 0 fully saturated rings. The van der Waals surface area contributed by atoms with E-state index in [0.29, 0.717) is 22.0 Å². The molecular weight excluding hydrogens is 295 g/mol. The summed E-state index contributed by atoms with van der Waals surface area (Å²) in [7, 11) is 0. The number of Topliss-reactive ketones (excluding diaryl/α,β-unsaturated/α-hetero) is 1. The largest absolute Gasteiger partial charge is 0.508 e. The highest BCUT2D eigenvalue weighted by molar-refractivity contribution is 6.42. The molecule has 0 radical (unpaired) electrons. The Morgan fingerprint density at radius 1 is 1.05 bits per heavy atom. The van der Waals surface area contributed by atoms with E-state index < -0.39 is 0 Å². The standard InChI is InChI=1S/C16H12Cl2O2/c17-14-5-1-9(7-15(14)18)11-4-6-16(20)13-8-10(19)2-3-12(11)13/h1-3,5,7-8,11,19H,4,6H2/t11-/m1/s1. The number of phenolic OH excluding ortho intramolecular Hbond substituents is 1. The molecule has 0 saturated carbocycles. The van der Waals surface area contributed by atoms with Gasteiger partial charge in [0.25, 0.3) is 0 Å². The van der Waals surface area contributed by atoms with Gasteiger partial charge in [0.15, 0.2) is 5.78 Å². The highest BCUT2D eigenvalue weighted by Gasteiger charge is 2.27. The topological polar surface area (TPSA) is 37.3 Å². The molecule has 0 amide bonds. The Balaban J connectivity index is 2.10. The fraction of sp³-hybridized carbons (Fsp3) is 0.188. The van der Waals surface area contributed by atoms with Crippen molar-refractivity contribution in [3.05, 3.63) is 63.1 Å². The Hall–Kier alpha value is -1.51. The van der Waals surface area contributed by atoms with Crippen LogP contribution in [0.4, 0.5) is 0 Å². The van der Waals surface area contributed by atoms with E-state index in [9.17, 15) is 9.90 Å². The van der Waals surface area contributed by atoms with Crippen LogP contribution < -0.4 is 0 Å². The Labute approximate surface area is 127 Å². The number of carbonyl (C=O) groups excluding carboxylic acids is 1. The summed E-state index contributed by atoms with van der Waals surface area (Å²) in [5.41, 5.74) is 2.59. The number of rotatable bonds is 1. The van der Waals surface area contributed by atoms with Crippen LogP contribution in [0.25, 0.3) is 0 Å². The quantitative estimate of drug-likeness (QED) is 0.821. The van der Waals surface area contributed by atoms with Crippen molar-refractivity contribution in [3.63, 3.8) is 0 Å². The second-order valence-electron chi connectivity index (χ2n) is 4.96. The van der Waals surface area contributed by atoms with Crippen molar-refractivity contribution >= 4 is 29.0 Å². The summed E-state index contributed by atoms with van der Waals surface area (Å²) >= 11 is 12.0. The molecule has 20 heavy (non-hydrogen) atoms. The zero-order chi connectivity index (χ0) is 14.3. The minimum absolute atomic E-state index is 0.0761. The lowest BCUT2D eigenvalue weighted by molar-refractivity contribution is 0.0969. The number of halogens is 2. The van der Waals surface area contributed by atoms with E-state index in [1.807, 2.05) is 18.2 Å². The molecule has 0 heterocycles. The number of hydrogen-bond acceptors (Lipinski definition) is 2. The smallest absolute Gasteiger partial charge is 0.163 e. The van der Waals surface area contributed by atoms with Gasteiger partial charge in [-0.15, -0.1) is 0 Å². The zero-order valence-electron chi connectivity index (χ0n) is 10.6. The lowest BCUT2D eigenvalue weighted by atomic mass is 9.78. The first-order chi connectivity index (χ1) is 9.56. The van der Waals surface area contributed by atoms with Crippen molar-refractivity contribution in [2.45, 2.75) is 18.8 Å². The molecule has 2 nitrogen and oxygen atoms in total. The van der Waals surface area contributed by atoms with Crippen LogP contribution in [-0.4, -0.2) is 10.9 Å². The van der Waals surface area contributed by atoms with Crippen LogP contribution in [0.15, 0.2) is 36.4 Å². The van der Waals surface area contributed by atoms with Crippen LogP contribution in [0, 0.1) is 0 Å². The summed E-state index contributed by atoms with van der Waals surface area (Å²) in [5, 5.41) is 10.6. The van der Waals surface area contributed by atoms with Crippen LogP contribution >= 0.6 is 23.2 Å².